The van der Waals surface area contributed by atoms with Crippen LogP contribution in [0.1, 0.15) is 12.1 Å². The van der Waals surface area contributed by atoms with E-state index < -0.39 is 0 Å². The van der Waals surface area contributed by atoms with Crippen LogP contribution in [0.25, 0.3) is 0 Å². The Bertz CT molecular complexity index is 382. The van der Waals surface area contributed by atoms with Crippen molar-refractivity contribution in [3.63, 3.8) is 0 Å². The maximum atomic E-state index is 10.9. The number of aromatic nitrogens is 2. The van der Waals surface area contributed by atoms with Gasteiger partial charge in [-0.1, -0.05) is 0 Å². The van der Waals surface area contributed by atoms with Gasteiger partial charge in [-0.05, 0) is 6.42 Å². The fraction of sp³-hybridized carbons (Fsp3) is 0.375. The van der Waals surface area contributed by atoms with Crippen molar-refractivity contribution in [1.29, 1.82) is 0 Å². The van der Waals surface area contributed by atoms with Crippen LogP contribution in [0.5, 0.6) is 0 Å². The number of hydrogen-bond donors (Lipinski definition) is 2. The Balaban J connectivity index is 2.34. The van der Waals surface area contributed by atoms with Crippen LogP contribution in [0.4, 0.5) is 0 Å². The molecule has 2 rings (SSSR count). The average Bonchev–Trinajstić information content (AvgIpc) is 2.19. The quantitative estimate of drug-likeness (QED) is 0.609. The Morgan fingerprint density at radius 2 is 2.31 bits per heavy atom. The zero-order chi connectivity index (χ0) is 9.10. The normalized spacial score (nSPS) is 16.2. The highest BCUT2D eigenvalue weighted by atomic mass is 16.1. The fourth-order valence-corrected chi connectivity index (χ4v) is 1.21. The van der Waals surface area contributed by atoms with Gasteiger partial charge in [-0.25, -0.2) is 0 Å². The van der Waals surface area contributed by atoms with E-state index >= 15 is 0 Å². The summed E-state index contributed by atoms with van der Waals surface area (Å²) in [4.78, 5) is 21.6. The molecule has 68 valence electrons. The molecule has 0 atom stereocenters. The van der Waals surface area contributed by atoms with E-state index in [0.29, 0.717) is 5.69 Å². The SMILES string of the molecule is O=c1cncc(C2=NCCCN2)[nH]1. The third-order valence-corrected chi connectivity index (χ3v) is 1.81. The largest absolute Gasteiger partial charge is 0.369 e. The summed E-state index contributed by atoms with van der Waals surface area (Å²) in [6.07, 6.45) is 3.87. The predicted octanol–water partition coefficient (Wildman–Crippen LogP) is -0.490. The molecule has 0 aromatic carbocycles. The van der Waals surface area contributed by atoms with Crippen LogP contribution in [-0.4, -0.2) is 28.9 Å². The highest BCUT2D eigenvalue weighted by molar-refractivity contribution is 5.97. The molecule has 0 unspecified atom stereocenters. The summed E-state index contributed by atoms with van der Waals surface area (Å²) < 4.78 is 0. The monoisotopic (exact) mass is 178 g/mol. The van der Waals surface area contributed by atoms with Gasteiger partial charge < -0.3 is 10.3 Å². The van der Waals surface area contributed by atoms with E-state index in [2.05, 4.69) is 20.3 Å². The van der Waals surface area contributed by atoms with Crippen LogP contribution in [0.2, 0.25) is 0 Å². The topological polar surface area (TPSA) is 70.1 Å². The second-order valence-electron chi connectivity index (χ2n) is 2.82. The lowest BCUT2D eigenvalue weighted by atomic mass is 10.3. The van der Waals surface area contributed by atoms with Crippen LogP contribution >= 0.6 is 0 Å². The first kappa shape index (κ1) is 7.97. The van der Waals surface area contributed by atoms with Gasteiger partial charge in [0, 0.05) is 13.1 Å². The second-order valence-corrected chi connectivity index (χ2v) is 2.82. The van der Waals surface area contributed by atoms with Crippen molar-refractivity contribution in [2.45, 2.75) is 6.42 Å². The molecule has 13 heavy (non-hydrogen) atoms. The van der Waals surface area contributed by atoms with Crippen LogP contribution in [0, 0.1) is 0 Å². The van der Waals surface area contributed by atoms with Crippen molar-refractivity contribution < 1.29 is 0 Å². The number of aromatic amines is 1. The lowest BCUT2D eigenvalue weighted by Gasteiger charge is -2.13. The minimum absolute atomic E-state index is 0.201. The first-order valence-electron chi connectivity index (χ1n) is 4.19. The third-order valence-electron chi connectivity index (χ3n) is 1.81. The maximum absolute atomic E-state index is 10.9. The third kappa shape index (κ3) is 1.74. The van der Waals surface area contributed by atoms with Crippen molar-refractivity contribution in [3.05, 3.63) is 28.4 Å². The van der Waals surface area contributed by atoms with E-state index in [9.17, 15) is 4.79 Å². The number of rotatable bonds is 1. The molecule has 0 bridgehead atoms. The summed E-state index contributed by atoms with van der Waals surface area (Å²) >= 11 is 0. The Morgan fingerprint density at radius 3 is 3.00 bits per heavy atom. The van der Waals surface area contributed by atoms with Gasteiger partial charge in [0.2, 0.25) is 0 Å². The number of nitrogens with one attached hydrogen (secondary N) is 2. The van der Waals surface area contributed by atoms with E-state index in [0.717, 1.165) is 25.3 Å². The van der Waals surface area contributed by atoms with E-state index in [1.807, 2.05) is 0 Å². The summed E-state index contributed by atoms with van der Waals surface area (Å²) in [5.41, 5.74) is 0.458. The number of nitrogens with zero attached hydrogens (tertiary/aromatic N) is 2. The van der Waals surface area contributed by atoms with Crippen molar-refractivity contribution in [2.24, 2.45) is 4.99 Å². The molecule has 0 aliphatic carbocycles. The summed E-state index contributed by atoms with van der Waals surface area (Å²) in [5, 5.41) is 3.10. The van der Waals surface area contributed by atoms with E-state index in [4.69, 9.17) is 0 Å². The van der Waals surface area contributed by atoms with Crippen LogP contribution in [0.15, 0.2) is 22.2 Å². The molecule has 2 N–H and O–H groups in total. The van der Waals surface area contributed by atoms with E-state index in [1.54, 1.807) is 6.20 Å². The Morgan fingerprint density at radius 1 is 1.38 bits per heavy atom. The molecule has 0 spiro atoms. The smallest absolute Gasteiger partial charge is 0.266 e. The maximum Gasteiger partial charge on any atom is 0.266 e. The Hall–Kier alpha value is -1.65. The van der Waals surface area contributed by atoms with Crippen LogP contribution in [0.3, 0.4) is 0 Å². The molecular formula is C8H10N4O. The first-order chi connectivity index (χ1) is 6.36. The van der Waals surface area contributed by atoms with Crippen LogP contribution in [-0.2, 0) is 0 Å². The fourth-order valence-electron chi connectivity index (χ4n) is 1.21. The number of amidine groups is 1. The highest BCUT2D eigenvalue weighted by Crippen LogP contribution is 1.96. The minimum Gasteiger partial charge on any atom is -0.369 e. The van der Waals surface area contributed by atoms with Gasteiger partial charge in [0.05, 0.1) is 12.4 Å². The zero-order valence-electron chi connectivity index (χ0n) is 7.08. The molecule has 2 heterocycles. The standard InChI is InChI=1S/C8H10N4O/c13-7-5-9-4-6(12-7)8-10-2-1-3-11-8/h4-5H,1-3H2,(H,10,11)(H,12,13). The van der Waals surface area contributed by atoms with E-state index in [-0.39, 0.29) is 5.56 Å². The molecule has 0 amide bonds. The second kappa shape index (κ2) is 3.38. The zero-order valence-corrected chi connectivity index (χ0v) is 7.08. The molecule has 1 aromatic heterocycles. The van der Waals surface area contributed by atoms with Gasteiger partial charge >= 0.3 is 0 Å². The minimum atomic E-state index is -0.201. The molecule has 0 radical (unpaired) electrons. The summed E-state index contributed by atoms with van der Waals surface area (Å²) in [6, 6.07) is 0. The number of aliphatic imine (C=N–C) groups is 1. The summed E-state index contributed by atoms with van der Waals surface area (Å²) in [5.74, 6) is 0.733. The molecule has 0 saturated carbocycles. The molecule has 0 saturated heterocycles. The molecule has 5 heteroatoms. The van der Waals surface area contributed by atoms with Gasteiger partial charge in [0.15, 0.2) is 0 Å². The molecule has 5 nitrogen and oxygen atoms in total. The van der Waals surface area contributed by atoms with Crippen molar-refractivity contribution in [2.75, 3.05) is 13.1 Å². The van der Waals surface area contributed by atoms with Crippen molar-refractivity contribution in [1.82, 2.24) is 15.3 Å². The van der Waals surface area contributed by atoms with Gasteiger partial charge in [-0.3, -0.25) is 14.8 Å². The lowest BCUT2D eigenvalue weighted by molar-refractivity contribution is 0.739. The van der Waals surface area contributed by atoms with Crippen LogP contribution < -0.4 is 10.9 Å². The lowest BCUT2D eigenvalue weighted by Crippen LogP contribution is -2.32. The van der Waals surface area contributed by atoms with Gasteiger partial charge in [-0.2, -0.15) is 0 Å². The molecule has 1 aliphatic rings. The van der Waals surface area contributed by atoms with Crippen molar-refractivity contribution in [3.8, 4) is 0 Å². The molecule has 0 fully saturated rings. The summed E-state index contributed by atoms with van der Waals surface area (Å²) in [7, 11) is 0. The first-order valence-corrected chi connectivity index (χ1v) is 4.19. The average molecular weight is 178 g/mol. The molecule has 1 aromatic rings. The van der Waals surface area contributed by atoms with Gasteiger partial charge in [0.25, 0.3) is 5.56 Å². The molecule has 1 aliphatic heterocycles. The Kier molecular flexibility index (Phi) is 2.08. The summed E-state index contributed by atoms with van der Waals surface area (Å²) in [6.45, 7) is 1.70. The number of hydrogen-bond acceptors (Lipinski definition) is 4. The highest BCUT2D eigenvalue weighted by Gasteiger charge is 2.06. The predicted molar refractivity (Wildman–Crippen MR) is 48.9 cm³/mol. The molecular weight excluding hydrogens is 168 g/mol. The number of H-pyrrole nitrogens is 1. The van der Waals surface area contributed by atoms with Crippen molar-refractivity contribution >= 4 is 5.84 Å². The Labute approximate surface area is 74.9 Å². The van der Waals surface area contributed by atoms with E-state index in [1.165, 1.54) is 6.20 Å². The van der Waals surface area contributed by atoms with Gasteiger partial charge in [-0.15, -0.1) is 0 Å². The van der Waals surface area contributed by atoms with Gasteiger partial charge in [0.1, 0.15) is 11.5 Å².